The summed E-state index contributed by atoms with van der Waals surface area (Å²) in [6.07, 6.45) is 5.12. The molecule has 37 heavy (non-hydrogen) atoms. The second-order valence-corrected chi connectivity index (χ2v) is 17.1. The van der Waals surface area contributed by atoms with Crippen LogP contribution in [0.3, 0.4) is 0 Å². The highest BCUT2D eigenvalue weighted by Crippen LogP contribution is 2.28. The molecule has 0 atom stereocenters. The average Bonchev–Trinajstić information content (AvgIpc) is 2.90. The zero-order valence-corrected chi connectivity index (χ0v) is 23.4. The molecule has 2 fully saturated rings. The Morgan fingerprint density at radius 2 is 1.65 bits per heavy atom. The number of carbonyl (C=O) groups is 1. The van der Waals surface area contributed by atoms with Crippen LogP contribution in [-0.2, 0) is 6.54 Å². The molecule has 2 aliphatic heterocycles. The summed E-state index contributed by atoms with van der Waals surface area (Å²) < 4.78 is 14.1. The zero-order chi connectivity index (χ0) is 25.8. The number of likely N-dealkylation sites (tertiary alicyclic amines) is 1. The van der Waals surface area contributed by atoms with E-state index in [4.69, 9.17) is 4.98 Å². The number of pyridine rings is 1. The first kappa shape index (κ1) is 26.2. The maximum absolute atomic E-state index is 14.1. The Bertz CT molecular complexity index is 1230. The Balaban J connectivity index is 1.32. The molecule has 0 amide bonds. The van der Waals surface area contributed by atoms with Crippen molar-refractivity contribution in [1.82, 2.24) is 14.8 Å². The lowest BCUT2D eigenvalue weighted by molar-refractivity contribution is 0.0974. The summed E-state index contributed by atoms with van der Waals surface area (Å²) in [6, 6.07) is 17.8. The first-order chi connectivity index (χ1) is 17.9. The second-order valence-electron chi connectivity index (χ2n) is 11.8. The minimum atomic E-state index is -0.964. The Kier molecular flexibility index (Phi) is 8.17. The first-order valence-electron chi connectivity index (χ1n) is 14.0. The van der Waals surface area contributed by atoms with Crippen molar-refractivity contribution in [1.29, 1.82) is 0 Å². The summed E-state index contributed by atoms with van der Waals surface area (Å²) >= 11 is 0. The minimum absolute atomic E-state index is 0.0736. The zero-order valence-electron chi connectivity index (χ0n) is 22.4. The maximum atomic E-state index is 14.1. The molecule has 4 nitrogen and oxygen atoms in total. The van der Waals surface area contributed by atoms with Gasteiger partial charge < -0.3 is 4.90 Å². The van der Waals surface area contributed by atoms with Crippen molar-refractivity contribution in [3.63, 3.8) is 0 Å². The molecule has 2 aliphatic rings. The smallest absolute Gasteiger partial charge is 0.163 e. The van der Waals surface area contributed by atoms with Crippen LogP contribution in [0.2, 0.25) is 25.2 Å². The summed E-state index contributed by atoms with van der Waals surface area (Å²) in [7, 11) is -0.964. The Morgan fingerprint density at radius 1 is 0.919 bits per heavy atom. The van der Waals surface area contributed by atoms with Gasteiger partial charge in [0, 0.05) is 37.6 Å². The number of halogens is 1. The molecule has 3 heterocycles. The molecule has 0 unspecified atom stereocenters. The lowest BCUT2D eigenvalue weighted by Crippen LogP contribution is -2.42. The number of benzene rings is 2. The molecule has 1 aromatic heterocycles. The van der Waals surface area contributed by atoms with E-state index in [1.54, 1.807) is 6.07 Å². The topological polar surface area (TPSA) is 36.4 Å². The molecule has 0 spiro atoms. The number of hydrogen-bond donors (Lipinski definition) is 0. The van der Waals surface area contributed by atoms with Crippen LogP contribution in [0.1, 0.15) is 48.0 Å². The number of nitrogens with zero attached hydrogens (tertiary/aromatic N) is 3. The Labute approximate surface area is 221 Å². The molecule has 6 heteroatoms. The van der Waals surface area contributed by atoms with Gasteiger partial charge in [0.25, 0.3) is 0 Å². The van der Waals surface area contributed by atoms with Crippen LogP contribution in [-0.4, -0.2) is 61.4 Å². The third-order valence-electron chi connectivity index (χ3n) is 8.26. The van der Waals surface area contributed by atoms with Crippen molar-refractivity contribution in [2.45, 2.75) is 63.8 Å². The van der Waals surface area contributed by atoms with E-state index in [2.05, 4.69) is 47.2 Å². The highest BCUT2D eigenvalue weighted by atomic mass is 28.3. The summed E-state index contributed by atoms with van der Waals surface area (Å²) in [5.74, 6) is -0.262. The third kappa shape index (κ3) is 6.73. The van der Waals surface area contributed by atoms with Crippen LogP contribution in [0.15, 0.2) is 48.5 Å². The van der Waals surface area contributed by atoms with Gasteiger partial charge in [0.05, 0.1) is 11.2 Å². The van der Waals surface area contributed by atoms with Crippen LogP contribution in [0.4, 0.5) is 4.39 Å². The third-order valence-corrected chi connectivity index (χ3v) is 11.4. The predicted octanol–water partition coefficient (Wildman–Crippen LogP) is 7.01. The van der Waals surface area contributed by atoms with Gasteiger partial charge in [0.2, 0.25) is 0 Å². The SMILES string of the molecule is C[Si]1(C)CCN(Cc2ccc(-c3cc(C(=O)CCCN4CCCCC4)c4cc(F)ccc4n3)cc2)CC1. The minimum Gasteiger partial charge on any atom is -0.303 e. The van der Waals surface area contributed by atoms with E-state index in [1.165, 1.54) is 62.1 Å². The highest BCUT2D eigenvalue weighted by molar-refractivity contribution is 6.77. The summed E-state index contributed by atoms with van der Waals surface area (Å²) in [6.45, 7) is 11.6. The van der Waals surface area contributed by atoms with Crippen LogP contribution in [0, 0.1) is 5.82 Å². The van der Waals surface area contributed by atoms with E-state index in [-0.39, 0.29) is 11.6 Å². The van der Waals surface area contributed by atoms with E-state index < -0.39 is 8.07 Å². The number of aromatic nitrogens is 1. The normalized spacial score (nSPS) is 18.8. The summed E-state index contributed by atoms with van der Waals surface area (Å²) in [5, 5.41) is 0.611. The van der Waals surface area contributed by atoms with Crippen molar-refractivity contribution in [3.05, 3.63) is 65.5 Å². The van der Waals surface area contributed by atoms with E-state index in [9.17, 15) is 9.18 Å². The maximum Gasteiger partial charge on any atom is 0.163 e. The molecule has 0 bridgehead atoms. The largest absolute Gasteiger partial charge is 0.303 e. The van der Waals surface area contributed by atoms with Gasteiger partial charge in [-0.25, -0.2) is 9.37 Å². The Hall–Kier alpha value is -2.41. The monoisotopic (exact) mass is 517 g/mol. The molecule has 2 saturated heterocycles. The molecule has 0 radical (unpaired) electrons. The van der Waals surface area contributed by atoms with E-state index in [0.717, 1.165) is 43.9 Å². The molecule has 2 aromatic carbocycles. The molecular formula is C31H40FN3OSi. The van der Waals surface area contributed by atoms with Gasteiger partial charge in [0.15, 0.2) is 5.78 Å². The molecule has 0 N–H and O–H groups in total. The predicted molar refractivity (Wildman–Crippen MR) is 153 cm³/mol. The van der Waals surface area contributed by atoms with Crippen LogP contribution in [0.5, 0.6) is 0 Å². The summed E-state index contributed by atoms with van der Waals surface area (Å²) in [5.41, 5.74) is 4.33. The molecule has 0 aliphatic carbocycles. The van der Waals surface area contributed by atoms with Gasteiger partial charge in [-0.1, -0.05) is 43.8 Å². The van der Waals surface area contributed by atoms with Gasteiger partial charge >= 0.3 is 0 Å². The van der Waals surface area contributed by atoms with Crippen LogP contribution < -0.4 is 0 Å². The van der Waals surface area contributed by atoms with Crippen molar-refractivity contribution < 1.29 is 9.18 Å². The molecular weight excluding hydrogens is 477 g/mol. The van der Waals surface area contributed by atoms with Gasteiger partial charge in [0.1, 0.15) is 5.82 Å². The van der Waals surface area contributed by atoms with Crippen LogP contribution in [0.25, 0.3) is 22.2 Å². The van der Waals surface area contributed by atoms with Crippen LogP contribution >= 0.6 is 0 Å². The van der Waals surface area contributed by atoms with Crippen molar-refractivity contribution in [2.24, 2.45) is 0 Å². The number of hydrogen-bond acceptors (Lipinski definition) is 4. The molecule has 5 rings (SSSR count). The summed E-state index contributed by atoms with van der Waals surface area (Å²) in [4.78, 5) is 23.2. The van der Waals surface area contributed by atoms with Crippen molar-refractivity contribution in [2.75, 3.05) is 32.7 Å². The number of fused-ring (bicyclic) bond motifs is 1. The van der Waals surface area contributed by atoms with Gasteiger partial charge in [-0.3, -0.25) is 9.69 Å². The molecule has 3 aromatic rings. The second kappa shape index (κ2) is 11.5. The quantitative estimate of drug-likeness (QED) is 0.238. The van der Waals surface area contributed by atoms with Crippen molar-refractivity contribution >= 4 is 24.8 Å². The van der Waals surface area contributed by atoms with Gasteiger partial charge in [-0.15, -0.1) is 0 Å². The lowest BCUT2D eigenvalue weighted by atomic mass is 9.98. The lowest BCUT2D eigenvalue weighted by Gasteiger charge is -2.35. The number of ketones is 1. The molecule has 0 saturated carbocycles. The van der Waals surface area contributed by atoms with Crippen molar-refractivity contribution in [3.8, 4) is 11.3 Å². The fourth-order valence-electron chi connectivity index (χ4n) is 5.71. The highest BCUT2D eigenvalue weighted by Gasteiger charge is 2.27. The fraction of sp³-hybridized carbons (Fsp3) is 0.484. The van der Waals surface area contributed by atoms with Gasteiger partial charge in [-0.2, -0.15) is 0 Å². The number of Topliss-reactive ketones (excluding diaryl/α,β-unsaturated/α-hetero) is 1. The number of rotatable bonds is 8. The van der Waals surface area contributed by atoms with Gasteiger partial charge in [-0.05, 0) is 93.9 Å². The first-order valence-corrected chi connectivity index (χ1v) is 17.5. The number of carbonyl (C=O) groups excluding carboxylic acids is 1. The Morgan fingerprint density at radius 3 is 2.38 bits per heavy atom. The van der Waals surface area contributed by atoms with E-state index in [1.807, 2.05) is 6.07 Å². The fourth-order valence-corrected chi connectivity index (χ4v) is 7.81. The average molecular weight is 518 g/mol. The standard InChI is InChI=1S/C31H40FN3OSi/c1-37(2)19-17-35(18-20-37)23-24-8-10-25(11-9-24)30-22-28(27-21-26(32)12-13-29(27)33-30)31(36)7-6-16-34-14-4-3-5-15-34/h8-13,21-22H,3-7,14-20,23H2,1-2H3. The molecule has 196 valence electrons. The number of piperidine rings is 1. The van der Waals surface area contributed by atoms with E-state index in [0.29, 0.717) is 22.9 Å². The van der Waals surface area contributed by atoms with E-state index >= 15 is 0 Å².